The summed E-state index contributed by atoms with van der Waals surface area (Å²) >= 11 is 0. The molecule has 2 aromatic rings. The van der Waals surface area contributed by atoms with Gasteiger partial charge >= 0.3 is 12.1 Å². The first-order chi connectivity index (χ1) is 13.2. The molecular weight excluding hydrogens is 379 g/mol. The number of carbonyl (C=O) groups is 2. The standard InChI is InChI=1S/C17H18F3N5O3/c18-17(19,20)16-22-9-25(24-16)12(7-10-3-1-2-4-10)14(26)23-13-6-5-11(8-21-13)15(27)28/h5-6,8-10,12H,1-4,7H2,(H,27,28)(H,21,23,26)/t12-/m0/s1. The van der Waals surface area contributed by atoms with E-state index in [1.54, 1.807) is 0 Å². The molecule has 1 aliphatic rings. The van der Waals surface area contributed by atoms with E-state index in [9.17, 15) is 22.8 Å². The highest BCUT2D eigenvalue weighted by Crippen LogP contribution is 2.33. The zero-order chi connectivity index (χ0) is 20.3. The molecular formula is C17H18F3N5O3. The van der Waals surface area contributed by atoms with Crippen LogP contribution in [0.1, 0.15) is 54.3 Å². The second-order valence-electron chi connectivity index (χ2n) is 6.67. The molecule has 3 rings (SSSR count). The van der Waals surface area contributed by atoms with Crippen molar-refractivity contribution in [2.75, 3.05) is 5.32 Å². The number of nitrogens with zero attached hydrogens (tertiary/aromatic N) is 4. The van der Waals surface area contributed by atoms with E-state index in [4.69, 9.17) is 5.11 Å². The van der Waals surface area contributed by atoms with Crippen LogP contribution in [-0.4, -0.2) is 36.7 Å². The van der Waals surface area contributed by atoms with Gasteiger partial charge in [0.2, 0.25) is 5.91 Å². The van der Waals surface area contributed by atoms with Gasteiger partial charge in [-0.15, -0.1) is 5.10 Å². The van der Waals surface area contributed by atoms with Crippen LogP contribution in [-0.2, 0) is 11.0 Å². The van der Waals surface area contributed by atoms with E-state index in [-0.39, 0.29) is 17.3 Å². The summed E-state index contributed by atoms with van der Waals surface area (Å²) in [7, 11) is 0. The van der Waals surface area contributed by atoms with E-state index < -0.39 is 29.9 Å². The first-order valence-electron chi connectivity index (χ1n) is 8.72. The van der Waals surface area contributed by atoms with Crippen LogP contribution in [0.25, 0.3) is 0 Å². The Bertz CT molecular complexity index is 844. The number of hydrogen-bond donors (Lipinski definition) is 2. The number of carboxylic acid groups (broad SMARTS) is 1. The third-order valence-corrected chi connectivity index (χ3v) is 4.68. The minimum Gasteiger partial charge on any atom is -0.478 e. The maximum absolute atomic E-state index is 12.8. The average molecular weight is 397 g/mol. The molecule has 150 valence electrons. The first kappa shape index (κ1) is 19.8. The Morgan fingerprint density at radius 1 is 1.25 bits per heavy atom. The lowest BCUT2D eigenvalue weighted by Crippen LogP contribution is -2.29. The van der Waals surface area contributed by atoms with Crippen molar-refractivity contribution in [3.05, 3.63) is 36.0 Å². The molecule has 2 N–H and O–H groups in total. The Morgan fingerprint density at radius 3 is 2.50 bits per heavy atom. The van der Waals surface area contributed by atoms with E-state index in [2.05, 4.69) is 20.4 Å². The van der Waals surface area contributed by atoms with Crippen molar-refractivity contribution in [3.63, 3.8) is 0 Å². The molecule has 0 unspecified atom stereocenters. The molecule has 1 saturated carbocycles. The summed E-state index contributed by atoms with van der Waals surface area (Å²) < 4.78 is 39.4. The third-order valence-electron chi connectivity index (χ3n) is 4.68. The maximum Gasteiger partial charge on any atom is 0.453 e. The molecule has 0 spiro atoms. The van der Waals surface area contributed by atoms with Crippen LogP contribution in [0, 0.1) is 5.92 Å². The number of alkyl halides is 3. The van der Waals surface area contributed by atoms with Gasteiger partial charge in [0, 0.05) is 6.20 Å². The molecule has 1 aliphatic carbocycles. The highest BCUT2D eigenvalue weighted by molar-refractivity contribution is 5.93. The first-order valence-corrected chi connectivity index (χ1v) is 8.72. The van der Waals surface area contributed by atoms with Crippen molar-refractivity contribution < 1.29 is 27.9 Å². The van der Waals surface area contributed by atoms with Crippen molar-refractivity contribution in [3.8, 4) is 0 Å². The zero-order valence-electron chi connectivity index (χ0n) is 14.7. The molecule has 28 heavy (non-hydrogen) atoms. The van der Waals surface area contributed by atoms with Gasteiger partial charge in [-0.1, -0.05) is 25.7 Å². The molecule has 0 aromatic carbocycles. The molecule has 2 aromatic heterocycles. The predicted molar refractivity (Wildman–Crippen MR) is 90.5 cm³/mol. The van der Waals surface area contributed by atoms with E-state index in [1.807, 2.05) is 0 Å². The summed E-state index contributed by atoms with van der Waals surface area (Å²) in [6.07, 6.45) is 1.45. The van der Waals surface area contributed by atoms with Crippen LogP contribution in [0.3, 0.4) is 0 Å². The van der Waals surface area contributed by atoms with Crippen LogP contribution >= 0.6 is 0 Å². The van der Waals surface area contributed by atoms with Gasteiger partial charge in [0.1, 0.15) is 18.2 Å². The summed E-state index contributed by atoms with van der Waals surface area (Å²) in [5, 5.41) is 14.8. The number of aromatic carboxylic acids is 1. The Morgan fingerprint density at radius 2 is 1.96 bits per heavy atom. The predicted octanol–water partition coefficient (Wildman–Crippen LogP) is 3.15. The lowest BCUT2D eigenvalue weighted by atomic mass is 9.98. The number of carboxylic acids is 1. The Kier molecular flexibility index (Phi) is 5.61. The van der Waals surface area contributed by atoms with Gasteiger partial charge in [0.25, 0.3) is 5.82 Å². The van der Waals surface area contributed by atoms with Crippen LogP contribution in [0.15, 0.2) is 24.7 Å². The number of aromatic nitrogens is 4. The van der Waals surface area contributed by atoms with Crippen molar-refractivity contribution in [2.45, 2.75) is 44.3 Å². The minimum absolute atomic E-state index is 0.0494. The van der Waals surface area contributed by atoms with Crippen LogP contribution in [0.2, 0.25) is 0 Å². The summed E-state index contributed by atoms with van der Waals surface area (Å²) in [6, 6.07) is 1.61. The van der Waals surface area contributed by atoms with Crippen LogP contribution < -0.4 is 5.32 Å². The second kappa shape index (κ2) is 7.95. The fourth-order valence-corrected chi connectivity index (χ4v) is 3.26. The monoisotopic (exact) mass is 397 g/mol. The van der Waals surface area contributed by atoms with Gasteiger partial charge < -0.3 is 10.4 Å². The van der Waals surface area contributed by atoms with Gasteiger partial charge in [0.15, 0.2) is 0 Å². The highest BCUT2D eigenvalue weighted by Gasteiger charge is 2.37. The topological polar surface area (TPSA) is 110 Å². The number of amides is 1. The summed E-state index contributed by atoms with van der Waals surface area (Å²) in [5.41, 5.74) is -0.0494. The quantitative estimate of drug-likeness (QED) is 0.775. The summed E-state index contributed by atoms with van der Waals surface area (Å²) in [6.45, 7) is 0. The molecule has 11 heteroatoms. The van der Waals surface area contributed by atoms with Crippen molar-refractivity contribution >= 4 is 17.7 Å². The summed E-state index contributed by atoms with van der Waals surface area (Å²) in [5.74, 6) is -2.74. The number of halogens is 3. The number of anilines is 1. The molecule has 0 radical (unpaired) electrons. The van der Waals surface area contributed by atoms with E-state index in [0.29, 0.717) is 6.42 Å². The van der Waals surface area contributed by atoms with E-state index in [1.165, 1.54) is 12.1 Å². The van der Waals surface area contributed by atoms with Crippen LogP contribution in [0.5, 0.6) is 0 Å². The number of carbonyl (C=O) groups excluding carboxylic acids is 1. The largest absolute Gasteiger partial charge is 0.478 e. The smallest absolute Gasteiger partial charge is 0.453 e. The number of nitrogens with one attached hydrogen (secondary N) is 1. The van der Waals surface area contributed by atoms with Gasteiger partial charge in [-0.05, 0) is 24.5 Å². The molecule has 1 amide bonds. The molecule has 0 saturated heterocycles. The summed E-state index contributed by atoms with van der Waals surface area (Å²) in [4.78, 5) is 30.7. The van der Waals surface area contributed by atoms with Gasteiger partial charge in [-0.3, -0.25) is 4.79 Å². The van der Waals surface area contributed by atoms with Gasteiger partial charge in [0.05, 0.1) is 5.56 Å². The second-order valence-corrected chi connectivity index (χ2v) is 6.67. The van der Waals surface area contributed by atoms with Gasteiger partial charge in [-0.2, -0.15) is 13.2 Å². The lowest BCUT2D eigenvalue weighted by Gasteiger charge is -2.20. The van der Waals surface area contributed by atoms with Crippen molar-refractivity contribution in [1.29, 1.82) is 0 Å². The molecule has 1 fully saturated rings. The number of rotatable bonds is 6. The Balaban J connectivity index is 1.80. The highest BCUT2D eigenvalue weighted by atomic mass is 19.4. The van der Waals surface area contributed by atoms with Crippen molar-refractivity contribution in [1.82, 2.24) is 19.7 Å². The SMILES string of the molecule is O=C(O)c1ccc(NC(=O)[C@H](CC2CCCC2)n2cnc(C(F)(F)F)n2)nc1. The average Bonchev–Trinajstić information content (AvgIpc) is 3.31. The van der Waals surface area contributed by atoms with Crippen molar-refractivity contribution in [2.24, 2.45) is 5.92 Å². The van der Waals surface area contributed by atoms with E-state index in [0.717, 1.165) is 42.9 Å². The molecule has 2 heterocycles. The Labute approximate surface area is 157 Å². The minimum atomic E-state index is -4.70. The normalized spacial score (nSPS) is 16.1. The zero-order valence-corrected chi connectivity index (χ0v) is 14.7. The fraction of sp³-hybridized carbons (Fsp3) is 0.471. The molecule has 0 bridgehead atoms. The lowest BCUT2D eigenvalue weighted by molar-refractivity contribution is -0.145. The maximum atomic E-state index is 12.8. The Hall–Kier alpha value is -2.98. The number of pyridine rings is 1. The fourth-order valence-electron chi connectivity index (χ4n) is 3.26. The molecule has 1 atom stereocenters. The van der Waals surface area contributed by atoms with E-state index >= 15 is 0 Å². The molecule has 8 nitrogen and oxygen atoms in total. The molecule has 0 aliphatic heterocycles. The number of hydrogen-bond acceptors (Lipinski definition) is 5. The van der Waals surface area contributed by atoms with Crippen LogP contribution in [0.4, 0.5) is 19.0 Å². The van der Waals surface area contributed by atoms with Gasteiger partial charge in [-0.25, -0.2) is 19.4 Å². The third kappa shape index (κ3) is 4.65.